The molecule has 0 aliphatic carbocycles. The van der Waals surface area contributed by atoms with Gasteiger partial charge in [-0.25, -0.2) is 4.68 Å². The Labute approximate surface area is 122 Å². The molecule has 106 valence electrons. The van der Waals surface area contributed by atoms with E-state index in [9.17, 15) is 10.1 Å². The van der Waals surface area contributed by atoms with E-state index in [-0.39, 0.29) is 5.69 Å². The van der Waals surface area contributed by atoms with Gasteiger partial charge in [0.05, 0.1) is 16.1 Å². The maximum Gasteiger partial charge on any atom is 0.283 e. The van der Waals surface area contributed by atoms with Gasteiger partial charge in [0.1, 0.15) is 0 Å². The van der Waals surface area contributed by atoms with E-state index in [0.717, 1.165) is 11.8 Å². The lowest BCUT2D eigenvalue weighted by molar-refractivity contribution is -0.387. The summed E-state index contributed by atoms with van der Waals surface area (Å²) in [4.78, 5) is 11.0. The standard InChI is InChI=1S/C12H9N5O3S/c13-16-11(9-5-3-7-20-9)14-15-12(16)21-10-6-2-1-4-8(10)17(18)19/h1-7H,13H2. The van der Waals surface area contributed by atoms with Crippen LogP contribution in [0.25, 0.3) is 11.6 Å². The average molecular weight is 303 g/mol. The summed E-state index contributed by atoms with van der Waals surface area (Å²) in [5, 5.41) is 19.2. The molecule has 0 saturated heterocycles. The number of nitrogen functional groups attached to an aromatic ring is 1. The number of aromatic nitrogens is 3. The molecule has 0 fully saturated rings. The fraction of sp³-hybridized carbons (Fsp3) is 0. The topological polar surface area (TPSA) is 113 Å². The van der Waals surface area contributed by atoms with Crippen molar-refractivity contribution in [1.82, 2.24) is 14.9 Å². The third-order valence-corrected chi connectivity index (χ3v) is 3.70. The van der Waals surface area contributed by atoms with Gasteiger partial charge in [0.2, 0.25) is 11.0 Å². The number of nitro benzene ring substituents is 1. The lowest BCUT2D eigenvalue weighted by Gasteiger charge is -2.02. The zero-order chi connectivity index (χ0) is 14.8. The summed E-state index contributed by atoms with van der Waals surface area (Å²) in [6, 6.07) is 9.77. The van der Waals surface area contributed by atoms with Crippen molar-refractivity contribution in [1.29, 1.82) is 0 Å². The molecule has 0 saturated carbocycles. The molecule has 8 nitrogen and oxygen atoms in total. The van der Waals surface area contributed by atoms with Crippen LogP contribution >= 0.6 is 11.8 Å². The van der Waals surface area contributed by atoms with E-state index in [2.05, 4.69) is 10.2 Å². The Balaban J connectivity index is 1.95. The fourth-order valence-corrected chi connectivity index (χ4v) is 2.57. The van der Waals surface area contributed by atoms with Crippen LogP contribution in [-0.4, -0.2) is 19.8 Å². The summed E-state index contributed by atoms with van der Waals surface area (Å²) < 4.78 is 6.44. The van der Waals surface area contributed by atoms with Crippen LogP contribution in [0.1, 0.15) is 0 Å². The molecule has 0 aliphatic rings. The molecule has 3 rings (SSSR count). The monoisotopic (exact) mass is 303 g/mol. The van der Waals surface area contributed by atoms with Gasteiger partial charge in [-0.05, 0) is 30.0 Å². The maximum absolute atomic E-state index is 11.0. The zero-order valence-electron chi connectivity index (χ0n) is 10.5. The molecule has 0 unspecified atom stereocenters. The lowest BCUT2D eigenvalue weighted by atomic mass is 10.3. The number of hydrogen-bond donors (Lipinski definition) is 1. The quantitative estimate of drug-likeness (QED) is 0.447. The summed E-state index contributed by atoms with van der Waals surface area (Å²) >= 11 is 1.07. The van der Waals surface area contributed by atoms with Gasteiger partial charge in [0.25, 0.3) is 5.69 Å². The summed E-state index contributed by atoms with van der Waals surface area (Å²) in [5.74, 6) is 6.73. The van der Waals surface area contributed by atoms with Crippen LogP contribution in [0, 0.1) is 10.1 Å². The highest BCUT2D eigenvalue weighted by atomic mass is 32.2. The molecule has 0 spiro atoms. The number of benzene rings is 1. The second kappa shape index (κ2) is 5.29. The van der Waals surface area contributed by atoms with Crippen LogP contribution in [0.2, 0.25) is 0 Å². The fourth-order valence-electron chi connectivity index (χ4n) is 1.71. The molecule has 2 N–H and O–H groups in total. The van der Waals surface area contributed by atoms with Crippen molar-refractivity contribution >= 4 is 17.4 Å². The van der Waals surface area contributed by atoms with Gasteiger partial charge in [-0.3, -0.25) is 10.1 Å². The minimum absolute atomic E-state index is 0.00921. The summed E-state index contributed by atoms with van der Waals surface area (Å²) in [6.45, 7) is 0. The molecular formula is C12H9N5O3S. The number of nitro groups is 1. The van der Waals surface area contributed by atoms with E-state index >= 15 is 0 Å². The molecule has 1 aromatic carbocycles. The predicted molar refractivity (Wildman–Crippen MR) is 75.1 cm³/mol. The Morgan fingerprint density at radius 1 is 1.24 bits per heavy atom. The Morgan fingerprint density at radius 3 is 2.76 bits per heavy atom. The van der Waals surface area contributed by atoms with Gasteiger partial charge >= 0.3 is 0 Å². The number of furan rings is 1. The molecule has 0 amide bonds. The van der Waals surface area contributed by atoms with Gasteiger partial charge in [0.15, 0.2) is 5.76 Å². The summed E-state index contributed by atoms with van der Waals surface area (Å²) in [5.41, 5.74) is -0.00921. The van der Waals surface area contributed by atoms with Crippen LogP contribution in [0.5, 0.6) is 0 Å². The second-order valence-electron chi connectivity index (χ2n) is 3.98. The summed E-state index contributed by atoms with van der Waals surface area (Å²) in [6.07, 6.45) is 1.50. The number of nitrogens with zero attached hydrogens (tertiary/aromatic N) is 4. The third kappa shape index (κ3) is 2.46. The van der Waals surface area contributed by atoms with Crippen molar-refractivity contribution in [2.24, 2.45) is 0 Å². The van der Waals surface area contributed by atoms with Crippen LogP contribution in [0.4, 0.5) is 5.69 Å². The molecule has 0 radical (unpaired) electrons. The molecule has 2 heterocycles. The molecule has 2 aromatic heterocycles. The van der Waals surface area contributed by atoms with Gasteiger partial charge in [-0.15, -0.1) is 10.2 Å². The van der Waals surface area contributed by atoms with E-state index in [4.69, 9.17) is 10.3 Å². The number of hydrogen-bond acceptors (Lipinski definition) is 7. The average Bonchev–Trinajstić information content (AvgIpc) is 3.10. The van der Waals surface area contributed by atoms with E-state index in [0.29, 0.717) is 21.6 Å². The Kier molecular flexibility index (Phi) is 3.32. The van der Waals surface area contributed by atoms with E-state index in [1.165, 1.54) is 17.0 Å². The van der Waals surface area contributed by atoms with Crippen molar-refractivity contribution < 1.29 is 9.34 Å². The first-order valence-electron chi connectivity index (χ1n) is 5.82. The van der Waals surface area contributed by atoms with E-state index in [1.54, 1.807) is 30.3 Å². The molecule has 0 aliphatic heterocycles. The highest BCUT2D eigenvalue weighted by molar-refractivity contribution is 7.99. The first-order valence-corrected chi connectivity index (χ1v) is 6.64. The van der Waals surface area contributed by atoms with E-state index in [1.807, 2.05) is 0 Å². The number of para-hydroxylation sites is 1. The first-order chi connectivity index (χ1) is 10.2. The van der Waals surface area contributed by atoms with Crippen molar-refractivity contribution in [2.75, 3.05) is 5.84 Å². The van der Waals surface area contributed by atoms with Crippen LogP contribution in [-0.2, 0) is 0 Å². The molecule has 9 heteroatoms. The first kappa shape index (κ1) is 13.2. The summed E-state index contributed by atoms with van der Waals surface area (Å²) in [7, 11) is 0. The van der Waals surface area contributed by atoms with Crippen molar-refractivity contribution in [3.8, 4) is 11.6 Å². The normalized spacial score (nSPS) is 10.7. The van der Waals surface area contributed by atoms with Crippen LogP contribution in [0.15, 0.2) is 57.1 Å². The Morgan fingerprint density at radius 2 is 2.05 bits per heavy atom. The zero-order valence-corrected chi connectivity index (χ0v) is 11.4. The maximum atomic E-state index is 11.0. The molecular weight excluding hydrogens is 294 g/mol. The van der Waals surface area contributed by atoms with Crippen molar-refractivity contribution in [3.05, 3.63) is 52.8 Å². The third-order valence-electron chi connectivity index (χ3n) is 2.67. The van der Waals surface area contributed by atoms with E-state index < -0.39 is 4.92 Å². The van der Waals surface area contributed by atoms with Gasteiger partial charge in [-0.2, -0.15) is 0 Å². The minimum atomic E-state index is -0.451. The van der Waals surface area contributed by atoms with Crippen LogP contribution < -0.4 is 5.84 Å². The SMILES string of the molecule is Nn1c(Sc2ccccc2[N+](=O)[O-])nnc1-c1ccco1. The minimum Gasteiger partial charge on any atom is -0.461 e. The lowest BCUT2D eigenvalue weighted by Crippen LogP contribution is -2.11. The largest absolute Gasteiger partial charge is 0.461 e. The van der Waals surface area contributed by atoms with Gasteiger partial charge in [-0.1, -0.05) is 12.1 Å². The van der Waals surface area contributed by atoms with Gasteiger partial charge in [0, 0.05) is 6.07 Å². The molecule has 0 atom stereocenters. The highest BCUT2D eigenvalue weighted by Crippen LogP contribution is 2.34. The van der Waals surface area contributed by atoms with Gasteiger partial charge < -0.3 is 10.3 Å². The molecule has 0 bridgehead atoms. The predicted octanol–water partition coefficient (Wildman–Crippen LogP) is 2.31. The molecule has 21 heavy (non-hydrogen) atoms. The number of nitrogens with two attached hydrogens (primary N) is 1. The number of rotatable bonds is 4. The second-order valence-corrected chi connectivity index (χ2v) is 4.99. The van der Waals surface area contributed by atoms with Crippen LogP contribution in [0.3, 0.4) is 0 Å². The Hall–Kier alpha value is -2.81. The Bertz CT molecular complexity index is 784. The van der Waals surface area contributed by atoms with Crippen molar-refractivity contribution in [3.63, 3.8) is 0 Å². The molecule has 3 aromatic rings. The highest BCUT2D eigenvalue weighted by Gasteiger charge is 2.19. The smallest absolute Gasteiger partial charge is 0.283 e. The van der Waals surface area contributed by atoms with Crippen molar-refractivity contribution in [2.45, 2.75) is 10.1 Å².